The van der Waals surface area contributed by atoms with E-state index in [4.69, 9.17) is 5.84 Å². The van der Waals surface area contributed by atoms with Gasteiger partial charge in [0.05, 0.1) is 4.88 Å². The Morgan fingerprint density at radius 1 is 1.60 bits per heavy atom. The predicted octanol–water partition coefficient (Wildman–Crippen LogP) is 0.271. The van der Waals surface area contributed by atoms with Crippen molar-refractivity contribution in [2.75, 3.05) is 24.3 Å². The monoisotopic (exact) mass is 335 g/mol. The number of hydrogen-bond acceptors (Lipinski definition) is 7. The molecule has 1 amide bonds. The number of sulfone groups is 1. The Kier molecular flexibility index (Phi) is 5.08. The van der Waals surface area contributed by atoms with Crippen LogP contribution in [0.4, 0.5) is 0 Å². The average molecular weight is 335 g/mol. The maximum atomic E-state index is 11.8. The summed E-state index contributed by atoms with van der Waals surface area (Å²) < 4.78 is 23.7. The largest absolute Gasteiger partial charge is 0.289 e. The highest BCUT2D eigenvalue weighted by Crippen LogP contribution is 2.25. The molecule has 0 bridgehead atoms. The fourth-order valence-electron chi connectivity index (χ4n) is 2.13. The summed E-state index contributed by atoms with van der Waals surface area (Å²) in [5.41, 5.74) is 2.94. The number of nitrogens with zero attached hydrogens (tertiary/aromatic N) is 1. The third-order valence-corrected chi connectivity index (χ3v) is 6.78. The van der Waals surface area contributed by atoms with E-state index < -0.39 is 15.2 Å². The Morgan fingerprint density at radius 3 is 3.00 bits per heavy atom. The molecule has 20 heavy (non-hydrogen) atoms. The predicted molar refractivity (Wildman–Crippen MR) is 82.3 cm³/mol. The summed E-state index contributed by atoms with van der Waals surface area (Å²) >= 11 is 2.95. The number of carbonyl (C=O) groups is 1. The second kappa shape index (κ2) is 6.44. The molecule has 0 spiro atoms. The summed E-state index contributed by atoms with van der Waals surface area (Å²) in [6, 6.07) is 1.84. The van der Waals surface area contributed by atoms with Crippen molar-refractivity contribution in [3.05, 3.63) is 21.9 Å². The summed E-state index contributed by atoms with van der Waals surface area (Å²) in [5, 5.41) is 1.32. The van der Waals surface area contributed by atoms with Crippen molar-refractivity contribution in [1.29, 1.82) is 0 Å². The lowest BCUT2D eigenvalue weighted by molar-refractivity contribution is 0.0955. The average Bonchev–Trinajstić information content (AvgIpc) is 2.85. The van der Waals surface area contributed by atoms with Crippen molar-refractivity contribution < 1.29 is 13.2 Å². The summed E-state index contributed by atoms with van der Waals surface area (Å²) in [6.45, 7) is 1.15. The zero-order valence-corrected chi connectivity index (χ0v) is 13.5. The Hall–Kier alpha value is -0.610. The number of thioether (sulfide) groups is 1. The minimum absolute atomic E-state index is 0.336. The van der Waals surface area contributed by atoms with Crippen molar-refractivity contribution in [2.24, 2.45) is 5.84 Å². The minimum atomic E-state index is -3.13. The standard InChI is InChI=1S/C11H17N3O3S3/c1-20(16,17)9-7-18-5-3-14(9)6-8-2-4-19-10(8)11(15)13-12/h2,4,9H,3,5-7,12H2,1H3,(H,13,15). The lowest BCUT2D eigenvalue weighted by atomic mass is 10.2. The van der Waals surface area contributed by atoms with Crippen LogP contribution in [0.2, 0.25) is 0 Å². The van der Waals surface area contributed by atoms with Gasteiger partial charge in [-0.1, -0.05) is 0 Å². The van der Waals surface area contributed by atoms with Gasteiger partial charge >= 0.3 is 0 Å². The molecule has 1 aliphatic heterocycles. The van der Waals surface area contributed by atoms with Gasteiger partial charge in [0.15, 0.2) is 9.84 Å². The molecule has 2 heterocycles. The summed E-state index contributed by atoms with van der Waals surface area (Å²) in [4.78, 5) is 14.1. The van der Waals surface area contributed by atoms with Gasteiger partial charge in [-0.15, -0.1) is 11.3 Å². The Labute approximate surface area is 126 Å². The van der Waals surface area contributed by atoms with E-state index in [-0.39, 0.29) is 5.91 Å². The number of nitrogens with two attached hydrogens (primary N) is 1. The van der Waals surface area contributed by atoms with E-state index in [1.54, 1.807) is 11.8 Å². The normalized spacial score (nSPS) is 20.8. The molecule has 0 aromatic carbocycles. The molecular formula is C11H17N3O3S3. The Balaban J connectivity index is 2.20. The topological polar surface area (TPSA) is 92.5 Å². The first-order valence-corrected chi connectivity index (χ1v) is 10.0. The second-order valence-corrected chi connectivity index (χ2v) is 8.85. The van der Waals surface area contributed by atoms with Gasteiger partial charge in [-0.25, -0.2) is 14.3 Å². The van der Waals surface area contributed by atoms with Gasteiger partial charge in [0, 0.05) is 30.9 Å². The first-order valence-electron chi connectivity index (χ1n) is 6.01. The molecule has 6 nitrogen and oxygen atoms in total. The zero-order chi connectivity index (χ0) is 14.8. The van der Waals surface area contributed by atoms with Crippen LogP contribution >= 0.6 is 23.1 Å². The highest BCUT2D eigenvalue weighted by molar-refractivity contribution is 8.00. The van der Waals surface area contributed by atoms with Gasteiger partial charge in [0.2, 0.25) is 0 Å². The Morgan fingerprint density at radius 2 is 2.35 bits per heavy atom. The molecule has 0 saturated carbocycles. The molecule has 1 atom stereocenters. The second-order valence-electron chi connectivity index (χ2n) is 4.58. The van der Waals surface area contributed by atoms with E-state index in [9.17, 15) is 13.2 Å². The van der Waals surface area contributed by atoms with Crippen LogP contribution < -0.4 is 11.3 Å². The van der Waals surface area contributed by atoms with E-state index >= 15 is 0 Å². The molecule has 1 aromatic rings. The van der Waals surface area contributed by atoms with E-state index in [0.29, 0.717) is 23.7 Å². The van der Waals surface area contributed by atoms with Crippen molar-refractivity contribution in [2.45, 2.75) is 11.9 Å². The van der Waals surface area contributed by atoms with Crippen LogP contribution in [0.1, 0.15) is 15.2 Å². The van der Waals surface area contributed by atoms with Crippen LogP contribution in [0.25, 0.3) is 0 Å². The highest BCUT2D eigenvalue weighted by Gasteiger charge is 2.31. The third kappa shape index (κ3) is 3.53. The lowest BCUT2D eigenvalue weighted by Gasteiger charge is -2.33. The number of carbonyl (C=O) groups excluding carboxylic acids is 1. The van der Waals surface area contributed by atoms with Gasteiger partial charge in [-0.3, -0.25) is 15.1 Å². The number of hydrogen-bond donors (Lipinski definition) is 2. The molecule has 1 saturated heterocycles. The quantitative estimate of drug-likeness (QED) is 0.466. The third-order valence-electron chi connectivity index (χ3n) is 3.14. The fraction of sp³-hybridized carbons (Fsp3) is 0.545. The van der Waals surface area contributed by atoms with E-state index in [1.807, 2.05) is 16.3 Å². The number of hydrazine groups is 1. The van der Waals surface area contributed by atoms with Crippen molar-refractivity contribution in [3.8, 4) is 0 Å². The zero-order valence-electron chi connectivity index (χ0n) is 11.0. The summed E-state index contributed by atoms with van der Waals surface area (Å²) in [5.74, 6) is 6.29. The van der Waals surface area contributed by atoms with Crippen LogP contribution in [0, 0.1) is 0 Å². The van der Waals surface area contributed by atoms with Gasteiger partial charge in [0.25, 0.3) is 5.91 Å². The number of thiophene rings is 1. The maximum absolute atomic E-state index is 11.8. The Bertz CT molecular complexity index is 585. The summed E-state index contributed by atoms with van der Waals surface area (Å²) in [7, 11) is -3.13. The molecule has 0 aliphatic carbocycles. The molecule has 0 radical (unpaired) electrons. The highest BCUT2D eigenvalue weighted by atomic mass is 32.2. The number of rotatable bonds is 4. The number of nitrogen functional groups attached to an aromatic ring is 1. The van der Waals surface area contributed by atoms with E-state index in [0.717, 1.165) is 11.3 Å². The molecule has 2 rings (SSSR count). The van der Waals surface area contributed by atoms with Crippen LogP contribution in [0.15, 0.2) is 11.4 Å². The molecule has 9 heteroatoms. The number of amides is 1. The van der Waals surface area contributed by atoms with Gasteiger partial charge in [-0.05, 0) is 17.0 Å². The first-order chi connectivity index (χ1) is 9.43. The van der Waals surface area contributed by atoms with Crippen LogP contribution in [-0.4, -0.2) is 48.9 Å². The van der Waals surface area contributed by atoms with E-state index in [1.165, 1.54) is 17.6 Å². The van der Waals surface area contributed by atoms with Crippen molar-refractivity contribution in [3.63, 3.8) is 0 Å². The number of nitrogens with one attached hydrogen (secondary N) is 1. The van der Waals surface area contributed by atoms with Crippen LogP contribution in [0.3, 0.4) is 0 Å². The molecule has 3 N–H and O–H groups in total. The maximum Gasteiger partial charge on any atom is 0.275 e. The molecule has 1 unspecified atom stereocenters. The fourth-order valence-corrected chi connectivity index (χ4v) is 5.89. The molecule has 1 aliphatic rings. The molecule has 112 valence electrons. The van der Waals surface area contributed by atoms with Gasteiger partial charge in [0.1, 0.15) is 5.37 Å². The van der Waals surface area contributed by atoms with Gasteiger partial charge < -0.3 is 0 Å². The molecule has 1 aromatic heterocycles. The molecular weight excluding hydrogens is 318 g/mol. The molecule has 1 fully saturated rings. The SMILES string of the molecule is CS(=O)(=O)C1CSCCN1Cc1ccsc1C(=O)NN. The summed E-state index contributed by atoms with van der Waals surface area (Å²) in [6.07, 6.45) is 1.26. The smallest absolute Gasteiger partial charge is 0.275 e. The van der Waals surface area contributed by atoms with Crippen molar-refractivity contribution in [1.82, 2.24) is 10.3 Å². The van der Waals surface area contributed by atoms with Gasteiger partial charge in [-0.2, -0.15) is 11.8 Å². The minimum Gasteiger partial charge on any atom is -0.289 e. The van der Waals surface area contributed by atoms with Crippen molar-refractivity contribution >= 4 is 38.8 Å². The van der Waals surface area contributed by atoms with Crippen LogP contribution in [0.5, 0.6) is 0 Å². The first kappa shape index (κ1) is 15.8. The lowest BCUT2D eigenvalue weighted by Crippen LogP contribution is -2.46. The van der Waals surface area contributed by atoms with Crippen LogP contribution in [-0.2, 0) is 16.4 Å². The van der Waals surface area contributed by atoms with E-state index in [2.05, 4.69) is 5.43 Å².